The van der Waals surface area contributed by atoms with Gasteiger partial charge in [-0.15, -0.1) is 0 Å². The molecule has 7 nitrogen and oxygen atoms in total. The van der Waals surface area contributed by atoms with Crippen LogP contribution in [0.15, 0.2) is 18.2 Å². The number of hydrogen-bond acceptors (Lipinski definition) is 7. The second kappa shape index (κ2) is 5.85. The van der Waals surface area contributed by atoms with Gasteiger partial charge in [0, 0.05) is 0 Å². The minimum Gasteiger partial charge on any atom is -0.496 e. The number of hydrogen-bond donors (Lipinski definition) is 0. The Hall–Kier alpha value is -2.19. The van der Waals surface area contributed by atoms with Gasteiger partial charge in [0.25, 0.3) is 5.19 Å². The highest BCUT2D eigenvalue weighted by Gasteiger charge is 2.19. The molecule has 0 bridgehead atoms. The van der Waals surface area contributed by atoms with Crippen LogP contribution in [-0.4, -0.2) is 23.3 Å². The minimum atomic E-state index is -0.603. The number of nitro benzene ring substituents is 1. The Balaban J connectivity index is 2.37. The Morgan fingerprint density at radius 2 is 2.25 bits per heavy atom. The van der Waals surface area contributed by atoms with Crippen molar-refractivity contribution in [2.24, 2.45) is 0 Å². The lowest BCUT2D eigenvalue weighted by Crippen LogP contribution is -1.94. The fourth-order valence-electron chi connectivity index (χ4n) is 1.36. The van der Waals surface area contributed by atoms with E-state index < -0.39 is 4.92 Å². The Labute approximate surface area is 121 Å². The first-order chi connectivity index (χ1) is 9.55. The van der Waals surface area contributed by atoms with Crippen molar-refractivity contribution in [3.8, 4) is 16.7 Å². The topological polar surface area (TPSA) is 91.6 Å². The maximum atomic E-state index is 11.0. The predicted molar refractivity (Wildman–Crippen MR) is 72.2 cm³/mol. The predicted octanol–water partition coefficient (Wildman–Crippen LogP) is 3.32. The van der Waals surface area contributed by atoms with Gasteiger partial charge in [0.15, 0.2) is 11.4 Å². The molecule has 0 amide bonds. The number of aldehydes is 1. The summed E-state index contributed by atoms with van der Waals surface area (Å²) < 4.78 is 10.2. The van der Waals surface area contributed by atoms with Gasteiger partial charge in [0.05, 0.1) is 18.1 Å². The zero-order valence-corrected chi connectivity index (χ0v) is 11.6. The highest BCUT2D eigenvalue weighted by molar-refractivity contribution is 7.15. The maximum Gasteiger partial charge on any atom is 0.315 e. The van der Waals surface area contributed by atoms with E-state index in [4.69, 9.17) is 21.1 Å². The third kappa shape index (κ3) is 2.86. The summed E-state index contributed by atoms with van der Waals surface area (Å²) in [5, 5.41) is 11.0. The fraction of sp³-hybridized carbons (Fsp3) is 0.0909. The molecule has 0 saturated carbocycles. The van der Waals surface area contributed by atoms with Crippen molar-refractivity contribution in [3.63, 3.8) is 0 Å². The van der Waals surface area contributed by atoms with Crippen LogP contribution in [0.25, 0.3) is 0 Å². The van der Waals surface area contributed by atoms with Crippen LogP contribution in [0, 0.1) is 10.1 Å². The van der Waals surface area contributed by atoms with Crippen molar-refractivity contribution in [1.82, 2.24) is 4.98 Å². The monoisotopic (exact) mass is 314 g/mol. The normalized spacial score (nSPS) is 10.1. The molecule has 0 spiro atoms. The highest BCUT2D eigenvalue weighted by atomic mass is 35.5. The molecule has 104 valence electrons. The van der Waals surface area contributed by atoms with Crippen molar-refractivity contribution in [2.75, 3.05) is 7.11 Å². The lowest BCUT2D eigenvalue weighted by atomic mass is 10.3. The number of carbonyl (C=O) groups excluding carboxylic acids is 1. The first-order valence-electron chi connectivity index (χ1n) is 5.17. The van der Waals surface area contributed by atoms with Crippen LogP contribution >= 0.6 is 22.9 Å². The van der Waals surface area contributed by atoms with E-state index in [0.29, 0.717) is 12.0 Å². The Kier molecular flexibility index (Phi) is 4.16. The van der Waals surface area contributed by atoms with E-state index >= 15 is 0 Å². The minimum absolute atomic E-state index is 0.00355. The van der Waals surface area contributed by atoms with Gasteiger partial charge in [0.1, 0.15) is 10.6 Å². The number of nitrogens with zero attached hydrogens (tertiary/aromatic N) is 2. The van der Waals surface area contributed by atoms with Crippen molar-refractivity contribution in [1.29, 1.82) is 0 Å². The van der Waals surface area contributed by atoms with E-state index in [1.807, 2.05) is 0 Å². The van der Waals surface area contributed by atoms with E-state index in [0.717, 1.165) is 11.3 Å². The molecule has 1 aromatic heterocycles. The molecule has 0 radical (unpaired) electrons. The van der Waals surface area contributed by atoms with Crippen LogP contribution in [-0.2, 0) is 0 Å². The van der Waals surface area contributed by atoms with Gasteiger partial charge < -0.3 is 9.47 Å². The molecule has 0 atom stereocenters. The molecule has 0 aliphatic heterocycles. The summed E-state index contributed by atoms with van der Waals surface area (Å²) in [5.41, 5.74) is -0.275. The third-order valence-corrected chi connectivity index (χ3v) is 3.52. The SMILES string of the molecule is COc1ccc(Oc2nc(Cl)c(C=O)s2)c([N+](=O)[O-])c1. The smallest absolute Gasteiger partial charge is 0.315 e. The van der Waals surface area contributed by atoms with E-state index in [2.05, 4.69) is 4.98 Å². The van der Waals surface area contributed by atoms with Crippen LogP contribution in [0.3, 0.4) is 0 Å². The van der Waals surface area contributed by atoms with Crippen molar-refractivity contribution >= 4 is 34.9 Å². The Morgan fingerprint density at radius 1 is 1.50 bits per heavy atom. The zero-order chi connectivity index (χ0) is 14.7. The molecule has 2 rings (SSSR count). The number of benzene rings is 1. The van der Waals surface area contributed by atoms with Gasteiger partial charge in [-0.3, -0.25) is 14.9 Å². The molecule has 1 heterocycles. The van der Waals surface area contributed by atoms with Crippen molar-refractivity contribution < 1.29 is 19.2 Å². The van der Waals surface area contributed by atoms with Crippen molar-refractivity contribution in [2.45, 2.75) is 0 Å². The zero-order valence-electron chi connectivity index (χ0n) is 10.0. The molecule has 0 aliphatic rings. The molecular formula is C11H7ClN2O5S. The van der Waals surface area contributed by atoms with Crippen LogP contribution < -0.4 is 9.47 Å². The van der Waals surface area contributed by atoms with E-state index in [9.17, 15) is 14.9 Å². The number of rotatable bonds is 5. The molecule has 0 unspecified atom stereocenters. The number of methoxy groups -OCH3 is 1. The van der Waals surface area contributed by atoms with Gasteiger partial charge in [-0.05, 0) is 12.1 Å². The summed E-state index contributed by atoms with van der Waals surface area (Å²) in [7, 11) is 1.40. The van der Waals surface area contributed by atoms with Crippen molar-refractivity contribution in [3.05, 3.63) is 38.3 Å². The molecular weight excluding hydrogens is 308 g/mol. The maximum absolute atomic E-state index is 11.0. The third-order valence-electron chi connectivity index (χ3n) is 2.26. The van der Waals surface area contributed by atoms with E-state index in [1.54, 1.807) is 0 Å². The lowest BCUT2D eigenvalue weighted by molar-refractivity contribution is -0.385. The first-order valence-corrected chi connectivity index (χ1v) is 6.36. The van der Waals surface area contributed by atoms with Gasteiger partial charge >= 0.3 is 5.69 Å². The summed E-state index contributed by atoms with van der Waals surface area (Å²) in [6.45, 7) is 0. The number of nitro groups is 1. The van der Waals surface area contributed by atoms with Gasteiger partial charge in [-0.1, -0.05) is 22.9 Å². The lowest BCUT2D eigenvalue weighted by Gasteiger charge is -2.04. The summed E-state index contributed by atoms with van der Waals surface area (Å²) >= 11 is 6.59. The largest absolute Gasteiger partial charge is 0.496 e. The summed E-state index contributed by atoms with van der Waals surface area (Å²) in [6, 6.07) is 4.12. The highest BCUT2D eigenvalue weighted by Crippen LogP contribution is 2.37. The molecule has 0 fully saturated rings. The van der Waals surface area contributed by atoms with Crippen LogP contribution in [0.4, 0.5) is 5.69 Å². The number of halogens is 1. The van der Waals surface area contributed by atoms with Crippen LogP contribution in [0.2, 0.25) is 5.15 Å². The first kappa shape index (κ1) is 14.2. The fourth-order valence-corrected chi connectivity index (χ4v) is 2.28. The van der Waals surface area contributed by atoms with Gasteiger partial charge in [0.2, 0.25) is 5.75 Å². The summed E-state index contributed by atoms with van der Waals surface area (Å²) in [5.74, 6) is 0.313. The molecule has 1 aromatic carbocycles. The second-order valence-electron chi connectivity index (χ2n) is 3.45. The summed E-state index contributed by atoms with van der Waals surface area (Å²) in [6.07, 6.45) is 0.537. The summed E-state index contributed by atoms with van der Waals surface area (Å²) in [4.78, 5) is 25.0. The van der Waals surface area contributed by atoms with Gasteiger partial charge in [-0.2, -0.15) is 4.98 Å². The van der Waals surface area contributed by atoms with Gasteiger partial charge in [-0.25, -0.2) is 0 Å². The molecule has 0 saturated heterocycles. The van der Waals surface area contributed by atoms with E-state index in [1.165, 1.54) is 25.3 Å². The molecule has 0 N–H and O–H groups in total. The molecule has 9 heteroatoms. The average molecular weight is 315 g/mol. The van der Waals surface area contributed by atoms with E-state index in [-0.39, 0.29) is 26.7 Å². The second-order valence-corrected chi connectivity index (χ2v) is 4.80. The number of thiazole rings is 1. The standard InChI is InChI=1S/C11H7ClN2O5S/c1-18-6-2-3-8(7(4-6)14(16)17)19-11-13-10(12)9(5-15)20-11/h2-5H,1H3. The number of ether oxygens (including phenoxy) is 2. The quantitative estimate of drug-likeness (QED) is 0.477. The molecule has 20 heavy (non-hydrogen) atoms. The average Bonchev–Trinajstić information content (AvgIpc) is 2.79. The van der Waals surface area contributed by atoms with Crippen LogP contribution in [0.5, 0.6) is 16.7 Å². The number of aromatic nitrogens is 1. The Bertz CT molecular complexity index is 673. The van der Waals surface area contributed by atoms with Crippen LogP contribution in [0.1, 0.15) is 9.67 Å². The molecule has 0 aliphatic carbocycles. The Morgan fingerprint density at radius 3 is 2.80 bits per heavy atom. The molecule has 2 aromatic rings. The number of carbonyl (C=O) groups is 1.